The van der Waals surface area contributed by atoms with E-state index in [0.29, 0.717) is 6.54 Å². The first-order valence-electron chi connectivity index (χ1n) is 5.19. The molecule has 0 saturated carbocycles. The van der Waals surface area contributed by atoms with Gasteiger partial charge in [-0.15, -0.1) is 0 Å². The highest BCUT2D eigenvalue weighted by molar-refractivity contribution is 7.08. The van der Waals surface area contributed by atoms with Crippen molar-refractivity contribution in [1.29, 1.82) is 0 Å². The van der Waals surface area contributed by atoms with E-state index in [1.54, 1.807) is 11.3 Å². The van der Waals surface area contributed by atoms with Gasteiger partial charge in [0, 0.05) is 12.6 Å². The number of aromatic carboxylic acids is 1. The fraction of sp³-hybridized carbons (Fsp3) is 0.167. The molecule has 6 heteroatoms. The van der Waals surface area contributed by atoms with Crippen LogP contribution in [0.15, 0.2) is 27.5 Å². The van der Waals surface area contributed by atoms with Crippen LogP contribution in [0.5, 0.6) is 0 Å². The molecule has 18 heavy (non-hydrogen) atoms. The topological polar surface area (TPSA) is 79.5 Å². The summed E-state index contributed by atoms with van der Waals surface area (Å²) in [5, 5.41) is 15.3. The molecule has 2 aromatic heterocycles. The molecule has 94 valence electrons. The van der Waals surface area contributed by atoms with Gasteiger partial charge in [0.15, 0.2) is 5.76 Å². The fourth-order valence-corrected chi connectivity index (χ4v) is 2.26. The molecule has 0 aliphatic heterocycles. The van der Waals surface area contributed by atoms with Crippen molar-refractivity contribution >= 4 is 23.2 Å². The number of amides is 1. The van der Waals surface area contributed by atoms with E-state index in [1.807, 2.05) is 17.7 Å². The van der Waals surface area contributed by atoms with Gasteiger partial charge in [-0.05, 0) is 28.8 Å². The van der Waals surface area contributed by atoms with Gasteiger partial charge < -0.3 is 14.8 Å². The number of furan rings is 1. The van der Waals surface area contributed by atoms with Crippen LogP contribution >= 0.6 is 11.3 Å². The number of carbonyl (C=O) groups is 2. The second kappa shape index (κ2) is 5.05. The first-order chi connectivity index (χ1) is 8.58. The molecule has 5 nitrogen and oxygen atoms in total. The van der Waals surface area contributed by atoms with E-state index in [0.717, 1.165) is 17.4 Å². The Morgan fingerprint density at radius 3 is 2.78 bits per heavy atom. The third kappa shape index (κ3) is 2.60. The number of carbonyl (C=O) groups excluding carboxylic acids is 1. The van der Waals surface area contributed by atoms with Crippen molar-refractivity contribution in [2.75, 3.05) is 0 Å². The maximum Gasteiger partial charge on any atom is 0.338 e. The van der Waals surface area contributed by atoms with Crippen LogP contribution in [0, 0.1) is 6.92 Å². The van der Waals surface area contributed by atoms with Crippen molar-refractivity contribution in [2.45, 2.75) is 13.5 Å². The number of hydrogen-bond acceptors (Lipinski definition) is 4. The zero-order chi connectivity index (χ0) is 13.1. The van der Waals surface area contributed by atoms with Gasteiger partial charge in [0.25, 0.3) is 5.91 Å². The maximum atomic E-state index is 11.7. The van der Waals surface area contributed by atoms with Gasteiger partial charge in [0.05, 0.1) is 5.56 Å². The highest BCUT2D eigenvalue weighted by atomic mass is 32.1. The number of aryl methyl sites for hydroxylation is 1. The highest BCUT2D eigenvalue weighted by Crippen LogP contribution is 2.13. The minimum atomic E-state index is -1.12. The zero-order valence-electron chi connectivity index (χ0n) is 9.60. The molecule has 0 aliphatic rings. The van der Waals surface area contributed by atoms with Gasteiger partial charge in [0.2, 0.25) is 0 Å². The number of nitrogens with one attached hydrogen (secondary N) is 1. The summed E-state index contributed by atoms with van der Waals surface area (Å²) in [5.41, 5.74) is 2.12. The lowest BCUT2D eigenvalue weighted by molar-refractivity contribution is 0.0696. The van der Waals surface area contributed by atoms with E-state index in [1.165, 1.54) is 6.07 Å². The van der Waals surface area contributed by atoms with E-state index >= 15 is 0 Å². The minimum absolute atomic E-state index is 0.000262. The van der Waals surface area contributed by atoms with Crippen LogP contribution in [0.1, 0.15) is 32.0 Å². The first-order valence-corrected chi connectivity index (χ1v) is 6.14. The Morgan fingerprint density at radius 1 is 1.44 bits per heavy atom. The smallest absolute Gasteiger partial charge is 0.338 e. The molecule has 2 rings (SSSR count). The number of thiophene rings is 1. The predicted molar refractivity (Wildman–Crippen MR) is 65.9 cm³/mol. The largest absolute Gasteiger partial charge is 0.478 e. The highest BCUT2D eigenvalue weighted by Gasteiger charge is 2.14. The molecule has 0 spiro atoms. The standard InChI is InChI=1S/C12H11NO4S/c1-7-5-18-6-9(7)3-13-11(14)10-2-8(4-17-10)12(15)16/h2,4-6H,3H2,1H3,(H,13,14)(H,15,16). The summed E-state index contributed by atoms with van der Waals surface area (Å²) in [6.07, 6.45) is 1.05. The summed E-state index contributed by atoms with van der Waals surface area (Å²) in [5.74, 6) is -1.54. The molecule has 2 heterocycles. The fourth-order valence-electron chi connectivity index (χ4n) is 1.40. The molecule has 0 saturated heterocycles. The molecule has 2 aromatic rings. The molecule has 2 N–H and O–H groups in total. The normalized spacial score (nSPS) is 10.3. The van der Waals surface area contributed by atoms with Crippen molar-refractivity contribution in [2.24, 2.45) is 0 Å². The van der Waals surface area contributed by atoms with Gasteiger partial charge in [0.1, 0.15) is 6.26 Å². The second-order valence-electron chi connectivity index (χ2n) is 3.77. The molecular formula is C12H11NO4S. The van der Waals surface area contributed by atoms with Crippen LogP contribution in [-0.4, -0.2) is 17.0 Å². The molecule has 1 amide bonds. The van der Waals surface area contributed by atoms with Crippen LogP contribution in [0.2, 0.25) is 0 Å². The quantitative estimate of drug-likeness (QED) is 0.888. The van der Waals surface area contributed by atoms with Crippen molar-refractivity contribution < 1.29 is 19.1 Å². The number of carboxylic acids is 1. The Morgan fingerprint density at radius 2 is 2.22 bits per heavy atom. The van der Waals surface area contributed by atoms with Gasteiger partial charge >= 0.3 is 5.97 Å². The monoisotopic (exact) mass is 265 g/mol. The Hall–Kier alpha value is -2.08. The van der Waals surface area contributed by atoms with Crippen LogP contribution in [0.4, 0.5) is 0 Å². The molecule has 0 radical (unpaired) electrons. The van der Waals surface area contributed by atoms with Crippen LogP contribution in [-0.2, 0) is 6.54 Å². The van der Waals surface area contributed by atoms with E-state index in [2.05, 4.69) is 5.32 Å². The third-order valence-corrected chi connectivity index (χ3v) is 3.38. The summed E-state index contributed by atoms with van der Waals surface area (Å²) in [6, 6.07) is 1.21. The maximum absolute atomic E-state index is 11.7. The predicted octanol–water partition coefficient (Wildman–Crippen LogP) is 2.28. The summed E-state index contributed by atoms with van der Waals surface area (Å²) < 4.78 is 4.90. The van der Waals surface area contributed by atoms with E-state index in [4.69, 9.17) is 9.52 Å². The lowest BCUT2D eigenvalue weighted by Crippen LogP contribution is -2.22. The van der Waals surface area contributed by atoms with Crippen molar-refractivity contribution in [3.8, 4) is 0 Å². The Bertz CT molecular complexity index is 584. The SMILES string of the molecule is Cc1cscc1CNC(=O)c1cc(C(=O)O)co1. The van der Waals surface area contributed by atoms with E-state index in [-0.39, 0.29) is 11.3 Å². The molecule has 0 atom stereocenters. The average molecular weight is 265 g/mol. The molecule has 0 unspecified atom stereocenters. The van der Waals surface area contributed by atoms with Crippen LogP contribution in [0.25, 0.3) is 0 Å². The van der Waals surface area contributed by atoms with Crippen molar-refractivity contribution in [1.82, 2.24) is 5.32 Å². The molecule has 0 fully saturated rings. The lowest BCUT2D eigenvalue weighted by Gasteiger charge is -2.02. The summed E-state index contributed by atoms with van der Waals surface area (Å²) in [7, 11) is 0. The van der Waals surface area contributed by atoms with Gasteiger partial charge in [-0.1, -0.05) is 0 Å². The molecule has 0 aliphatic carbocycles. The minimum Gasteiger partial charge on any atom is -0.478 e. The van der Waals surface area contributed by atoms with Crippen molar-refractivity contribution in [3.05, 3.63) is 45.5 Å². The van der Waals surface area contributed by atoms with Crippen LogP contribution < -0.4 is 5.32 Å². The Balaban J connectivity index is 1.99. The Labute approximate surface area is 107 Å². The molecule has 0 aromatic carbocycles. The van der Waals surface area contributed by atoms with Gasteiger partial charge in [-0.2, -0.15) is 11.3 Å². The average Bonchev–Trinajstić information content (AvgIpc) is 2.94. The number of hydrogen-bond donors (Lipinski definition) is 2. The number of carboxylic acid groups (broad SMARTS) is 1. The Kier molecular flexibility index (Phi) is 3.47. The summed E-state index contributed by atoms with van der Waals surface area (Å²) in [6.45, 7) is 2.37. The second-order valence-corrected chi connectivity index (χ2v) is 4.51. The van der Waals surface area contributed by atoms with Crippen molar-refractivity contribution in [3.63, 3.8) is 0 Å². The third-order valence-electron chi connectivity index (χ3n) is 2.47. The van der Waals surface area contributed by atoms with Crippen LogP contribution in [0.3, 0.4) is 0 Å². The first kappa shape index (κ1) is 12.4. The lowest BCUT2D eigenvalue weighted by atomic mass is 10.2. The summed E-state index contributed by atoms with van der Waals surface area (Å²) in [4.78, 5) is 22.3. The van der Waals surface area contributed by atoms with E-state index in [9.17, 15) is 9.59 Å². The summed E-state index contributed by atoms with van der Waals surface area (Å²) >= 11 is 1.57. The molecular weight excluding hydrogens is 254 g/mol. The zero-order valence-corrected chi connectivity index (χ0v) is 10.4. The van der Waals surface area contributed by atoms with Gasteiger partial charge in [-0.3, -0.25) is 4.79 Å². The van der Waals surface area contributed by atoms with Gasteiger partial charge in [-0.25, -0.2) is 4.79 Å². The number of rotatable bonds is 4. The van der Waals surface area contributed by atoms with E-state index < -0.39 is 11.9 Å². The molecule has 0 bridgehead atoms.